The Balaban J connectivity index is 2.23. The summed E-state index contributed by atoms with van der Waals surface area (Å²) in [6.45, 7) is 3.89. The van der Waals surface area contributed by atoms with E-state index >= 15 is 0 Å². The minimum absolute atomic E-state index is 0.190. The molecule has 0 amide bonds. The molecule has 0 radical (unpaired) electrons. The molecule has 1 aromatic rings. The normalized spacial score (nSPS) is 11.5. The molecule has 0 bridgehead atoms. The van der Waals surface area contributed by atoms with E-state index in [1.807, 2.05) is 0 Å². The monoisotopic (exact) mass is 340 g/mol. The van der Waals surface area contributed by atoms with Crippen LogP contribution in [0.3, 0.4) is 0 Å². The minimum Gasteiger partial charge on any atom is -0.497 e. The molecule has 0 heterocycles. The summed E-state index contributed by atoms with van der Waals surface area (Å²) in [4.78, 5) is 31.7. The van der Waals surface area contributed by atoms with E-state index in [1.54, 1.807) is 19.1 Å². The number of carbonyl (C=O) groups excluding carboxylic acids is 2. The van der Waals surface area contributed by atoms with Crippen LogP contribution in [0.4, 0.5) is 4.79 Å². The van der Waals surface area contributed by atoms with Gasteiger partial charge in [0.1, 0.15) is 11.9 Å². The van der Waals surface area contributed by atoms with Crippen molar-refractivity contribution in [2.24, 2.45) is 0 Å². The summed E-state index contributed by atoms with van der Waals surface area (Å²) in [5.41, 5.74) is 0.190. The fraction of sp³-hybridized carbons (Fsp3) is 0.529. The summed E-state index contributed by atoms with van der Waals surface area (Å²) in [7, 11) is 1.48. The molecule has 1 aromatic carbocycles. The average Bonchev–Trinajstić information content (AvgIpc) is 2.58. The molecule has 1 rings (SSSR count). The first-order valence-electron chi connectivity index (χ1n) is 7.97. The van der Waals surface area contributed by atoms with Crippen molar-refractivity contribution in [3.63, 3.8) is 0 Å². The molecule has 134 valence electrons. The molecule has 0 saturated carbocycles. The van der Waals surface area contributed by atoms with Gasteiger partial charge in [0.15, 0.2) is 0 Å². The van der Waals surface area contributed by atoms with Crippen molar-refractivity contribution in [2.75, 3.05) is 7.11 Å². The van der Waals surface area contributed by atoms with Gasteiger partial charge in [-0.15, -0.1) is 0 Å². The molecule has 0 fully saturated rings. The highest BCUT2D eigenvalue weighted by atomic mass is 17.5. The quantitative estimate of drug-likeness (QED) is 0.273. The number of methoxy groups -OCH3 is 1. The second-order valence-electron chi connectivity index (χ2n) is 5.28. The topological polar surface area (TPSA) is 80.3 Å². The van der Waals surface area contributed by atoms with E-state index in [1.165, 1.54) is 19.2 Å². The van der Waals surface area contributed by atoms with Crippen molar-refractivity contribution in [3.05, 3.63) is 29.8 Å². The Morgan fingerprint density at radius 2 is 1.92 bits per heavy atom. The molecule has 0 aromatic heterocycles. The first kappa shape index (κ1) is 19.8. The molecular formula is C17H24O7. The molecule has 1 atom stereocenters. The maximum atomic E-state index is 11.7. The highest BCUT2D eigenvalue weighted by Gasteiger charge is 2.15. The molecular weight excluding hydrogens is 316 g/mol. The van der Waals surface area contributed by atoms with Crippen LogP contribution in [-0.2, 0) is 19.6 Å². The van der Waals surface area contributed by atoms with E-state index in [0.29, 0.717) is 5.75 Å². The van der Waals surface area contributed by atoms with Crippen LogP contribution in [0, 0.1) is 0 Å². The van der Waals surface area contributed by atoms with E-state index < -0.39 is 12.1 Å². The zero-order chi connectivity index (χ0) is 17.8. The minimum atomic E-state index is -1.06. The second kappa shape index (κ2) is 11.3. The Labute approximate surface area is 141 Å². The lowest BCUT2D eigenvalue weighted by molar-refractivity contribution is -0.452. The van der Waals surface area contributed by atoms with Crippen molar-refractivity contribution < 1.29 is 33.9 Å². The zero-order valence-electron chi connectivity index (χ0n) is 14.3. The number of unbranched alkanes of at least 4 members (excludes halogenated alkanes) is 3. The fourth-order valence-electron chi connectivity index (χ4n) is 1.98. The molecule has 0 aliphatic carbocycles. The van der Waals surface area contributed by atoms with Gasteiger partial charge < -0.3 is 9.47 Å². The largest absolute Gasteiger partial charge is 0.543 e. The van der Waals surface area contributed by atoms with E-state index in [-0.39, 0.29) is 11.7 Å². The van der Waals surface area contributed by atoms with Gasteiger partial charge in [-0.3, -0.25) is 4.89 Å². The maximum absolute atomic E-state index is 11.7. The van der Waals surface area contributed by atoms with Gasteiger partial charge in [-0.2, -0.15) is 0 Å². The first-order chi connectivity index (χ1) is 11.6. The average molecular weight is 340 g/mol. The Hall–Kier alpha value is -2.28. The van der Waals surface area contributed by atoms with Gasteiger partial charge in [0.05, 0.1) is 17.7 Å². The van der Waals surface area contributed by atoms with Crippen LogP contribution in [0.5, 0.6) is 5.75 Å². The van der Waals surface area contributed by atoms with Crippen LogP contribution in [-0.4, -0.2) is 25.3 Å². The highest BCUT2D eigenvalue weighted by Crippen LogP contribution is 2.13. The van der Waals surface area contributed by atoms with Gasteiger partial charge in [-0.25, -0.2) is 14.5 Å². The van der Waals surface area contributed by atoms with Crippen molar-refractivity contribution in [1.29, 1.82) is 0 Å². The Kier molecular flexibility index (Phi) is 9.29. The van der Waals surface area contributed by atoms with Crippen molar-refractivity contribution in [3.8, 4) is 5.75 Å². The van der Waals surface area contributed by atoms with E-state index in [4.69, 9.17) is 9.47 Å². The summed E-state index contributed by atoms with van der Waals surface area (Å²) < 4.78 is 9.94. The number of rotatable bonds is 10. The molecule has 0 aliphatic rings. The molecule has 7 heteroatoms. The maximum Gasteiger partial charge on any atom is 0.543 e. The van der Waals surface area contributed by atoms with Gasteiger partial charge in [0.25, 0.3) is 0 Å². The number of ether oxygens (including phenoxy) is 2. The number of hydrogen-bond acceptors (Lipinski definition) is 7. The van der Waals surface area contributed by atoms with Crippen LogP contribution in [0.15, 0.2) is 24.3 Å². The molecule has 7 nitrogen and oxygen atoms in total. The van der Waals surface area contributed by atoms with Gasteiger partial charge in [0, 0.05) is 0 Å². The molecule has 0 aliphatic heterocycles. The predicted octanol–water partition coefficient (Wildman–Crippen LogP) is 4.21. The van der Waals surface area contributed by atoms with Crippen LogP contribution in [0.1, 0.15) is 56.3 Å². The number of hydrogen-bond donors (Lipinski definition) is 0. The smallest absolute Gasteiger partial charge is 0.497 e. The Morgan fingerprint density at radius 3 is 2.62 bits per heavy atom. The zero-order valence-corrected chi connectivity index (χ0v) is 14.3. The van der Waals surface area contributed by atoms with Crippen molar-refractivity contribution in [2.45, 2.75) is 52.1 Å². The van der Waals surface area contributed by atoms with Crippen LogP contribution in [0.2, 0.25) is 0 Å². The highest BCUT2D eigenvalue weighted by molar-refractivity contribution is 5.89. The Bertz CT molecular complexity index is 515. The number of benzene rings is 1. The SMILES string of the molecule is CCCCCCC(C)OC(=O)OOOC(=O)c1cccc(OC)c1. The lowest BCUT2D eigenvalue weighted by Crippen LogP contribution is -2.17. The van der Waals surface area contributed by atoms with Crippen LogP contribution >= 0.6 is 0 Å². The summed E-state index contributed by atoms with van der Waals surface area (Å²) in [6, 6.07) is 6.26. The molecule has 0 spiro atoms. The fourth-order valence-corrected chi connectivity index (χ4v) is 1.98. The third kappa shape index (κ3) is 7.82. The summed E-state index contributed by atoms with van der Waals surface area (Å²) in [5, 5.41) is 4.16. The molecule has 0 N–H and O–H groups in total. The lowest BCUT2D eigenvalue weighted by atomic mass is 10.1. The van der Waals surface area contributed by atoms with Crippen molar-refractivity contribution in [1.82, 2.24) is 0 Å². The lowest BCUT2D eigenvalue weighted by Gasteiger charge is -2.11. The first-order valence-corrected chi connectivity index (χ1v) is 7.97. The summed E-state index contributed by atoms with van der Waals surface area (Å²) >= 11 is 0. The number of carbonyl (C=O) groups is 2. The van der Waals surface area contributed by atoms with Gasteiger partial charge in [-0.1, -0.05) is 32.3 Å². The van der Waals surface area contributed by atoms with Gasteiger partial charge >= 0.3 is 12.1 Å². The van der Waals surface area contributed by atoms with Gasteiger partial charge in [0.2, 0.25) is 0 Å². The Morgan fingerprint density at radius 1 is 1.12 bits per heavy atom. The summed E-state index contributed by atoms with van der Waals surface area (Å²) in [6.07, 6.45) is 3.73. The standard InChI is InChI=1S/C17H24O7/c1-4-5-6-7-9-13(2)21-17(19)23-24-22-16(18)14-10-8-11-15(12-14)20-3/h8,10-13H,4-7,9H2,1-3H3. The van der Waals surface area contributed by atoms with Gasteiger partial charge in [-0.05, 0) is 38.0 Å². The second-order valence-corrected chi connectivity index (χ2v) is 5.28. The molecule has 0 saturated heterocycles. The van der Waals surface area contributed by atoms with E-state index in [0.717, 1.165) is 32.1 Å². The summed E-state index contributed by atoms with van der Waals surface area (Å²) in [5.74, 6) is -0.337. The van der Waals surface area contributed by atoms with E-state index in [2.05, 4.69) is 21.7 Å². The van der Waals surface area contributed by atoms with Crippen LogP contribution in [0.25, 0.3) is 0 Å². The third-order valence-corrected chi connectivity index (χ3v) is 3.28. The predicted molar refractivity (Wildman–Crippen MR) is 85.3 cm³/mol. The third-order valence-electron chi connectivity index (χ3n) is 3.28. The van der Waals surface area contributed by atoms with Crippen molar-refractivity contribution >= 4 is 12.1 Å². The van der Waals surface area contributed by atoms with Crippen LogP contribution < -0.4 is 4.74 Å². The van der Waals surface area contributed by atoms with E-state index in [9.17, 15) is 9.59 Å². The molecule has 24 heavy (non-hydrogen) atoms. The molecule has 1 unspecified atom stereocenters.